The fourth-order valence-corrected chi connectivity index (χ4v) is 1.67. The SMILES string of the molecule is Cc1ccc([C@H](O)c2cc(F)cc(F)c2)cc1. The molecule has 0 aliphatic heterocycles. The van der Waals surface area contributed by atoms with Crippen molar-refractivity contribution in [3.63, 3.8) is 0 Å². The Morgan fingerprint density at radius 1 is 0.882 bits per heavy atom. The molecule has 1 N–H and O–H groups in total. The van der Waals surface area contributed by atoms with Gasteiger partial charge < -0.3 is 5.11 Å². The van der Waals surface area contributed by atoms with Crippen LogP contribution < -0.4 is 0 Å². The minimum atomic E-state index is -1.01. The average Bonchev–Trinajstić information content (AvgIpc) is 2.28. The Bertz CT molecular complexity index is 500. The number of aryl methyl sites for hydroxylation is 1. The van der Waals surface area contributed by atoms with E-state index in [2.05, 4.69) is 0 Å². The molecule has 2 rings (SSSR count). The maximum absolute atomic E-state index is 13.0. The lowest BCUT2D eigenvalue weighted by atomic mass is 10.0. The number of benzene rings is 2. The molecule has 88 valence electrons. The summed E-state index contributed by atoms with van der Waals surface area (Å²) in [5.74, 6) is -1.38. The molecule has 2 aromatic rings. The van der Waals surface area contributed by atoms with Crippen molar-refractivity contribution in [3.8, 4) is 0 Å². The van der Waals surface area contributed by atoms with Crippen LogP contribution in [0.1, 0.15) is 22.8 Å². The first-order valence-electron chi connectivity index (χ1n) is 5.27. The van der Waals surface area contributed by atoms with Crippen LogP contribution in [0.3, 0.4) is 0 Å². The van der Waals surface area contributed by atoms with Crippen LogP contribution in [0.2, 0.25) is 0 Å². The number of hydrogen-bond acceptors (Lipinski definition) is 1. The van der Waals surface area contributed by atoms with Crippen molar-refractivity contribution in [3.05, 3.63) is 70.8 Å². The number of aliphatic hydroxyl groups excluding tert-OH is 1. The second-order valence-electron chi connectivity index (χ2n) is 4.02. The summed E-state index contributed by atoms with van der Waals surface area (Å²) in [7, 11) is 0. The topological polar surface area (TPSA) is 20.2 Å². The Morgan fingerprint density at radius 3 is 1.94 bits per heavy atom. The van der Waals surface area contributed by atoms with Crippen LogP contribution in [0.15, 0.2) is 42.5 Å². The first-order valence-corrected chi connectivity index (χ1v) is 5.27. The smallest absolute Gasteiger partial charge is 0.126 e. The molecule has 0 aromatic heterocycles. The third kappa shape index (κ3) is 2.68. The first kappa shape index (κ1) is 11.7. The Balaban J connectivity index is 2.36. The molecule has 0 saturated heterocycles. The van der Waals surface area contributed by atoms with Gasteiger partial charge >= 0.3 is 0 Å². The molecular weight excluding hydrogens is 222 g/mol. The molecule has 2 aromatic carbocycles. The van der Waals surface area contributed by atoms with Crippen LogP contribution >= 0.6 is 0 Å². The number of hydrogen-bond donors (Lipinski definition) is 1. The van der Waals surface area contributed by atoms with Crippen LogP contribution in [0.4, 0.5) is 8.78 Å². The fourth-order valence-electron chi connectivity index (χ4n) is 1.67. The van der Waals surface area contributed by atoms with Gasteiger partial charge in [0.25, 0.3) is 0 Å². The van der Waals surface area contributed by atoms with E-state index < -0.39 is 17.7 Å². The molecule has 0 aliphatic carbocycles. The lowest BCUT2D eigenvalue weighted by Gasteiger charge is -2.12. The molecule has 0 spiro atoms. The van der Waals surface area contributed by atoms with Gasteiger partial charge in [-0.2, -0.15) is 0 Å². The van der Waals surface area contributed by atoms with E-state index in [1.165, 1.54) is 0 Å². The minimum absolute atomic E-state index is 0.214. The zero-order chi connectivity index (χ0) is 12.4. The summed E-state index contributed by atoms with van der Waals surface area (Å²) in [5.41, 5.74) is 1.89. The van der Waals surface area contributed by atoms with Crippen molar-refractivity contribution in [1.29, 1.82) is 0 Å². The third-order valence-corrected chi connectivity index (χ3v) is 2.59. The molecule has 1 atom stereocenters. The van der Waals surface area contributed by atoms with Crippen LogP contribution in [-0.2, 0) is 0 Å². The molecule has 0 saturated carbocycles. The number of aliphatic hydroxyl groups is 1. The summed E-state index contributed by atoms with van der Waals surface area (Å²) in [5, 5.41) is 10.00. The normalized spacial score (nSPS) is 12.5. The van der Waals surface area contributed by atoms with Gasteiger partial charge in [0.1, 0.15) is 17.7 Å². The highest BCUT2D eigenvalue weighted by atomic mass is 19.1. The summed E-state index contributed by atoms with van der Waals surface area (Å²) in [6, 6.07) is 10.2. The monoisotopic (exact) mass is 234 g/mol. The van der Waals surface area contributed by atoms with Crippen molar-refractivity contribution in [2.75, 3.05) is 0 Å². The molecule has 0 heterocycles. The molecule has 0 unspecified atom stereocenters. The van der Waals surface area contributed by atoms with Crippen molar-refractivity contribution in [2.24, 2.45) is 0 Å². The summed E-state index contributed by atoms with van der Waals surface area (Å²) in [6.07, 6.45) is -1.01. The molecule has 0 amide bonds. The van der Waals surface area contributed by atoms with E-state index in [9.17, 15) is 13.9 Å². The number of rotatable bonds is 2. The molecule has 17 heavy (non-hydrogen) atoms. The van der Waals surface area contributed by atoms with Crippen molar-refractivity contribution in [1.82, 2.24) is 0 Å². The Kier molecular flexibility index (Phi) is 3.20. The quantitative estimate of drug-likeness (QED) is 0.844. The fraction of sp³-hybridized carbons (Fsp3) is 0.143. The van der Waals surface area contributed by atoms with Crippen LogP contribution in [0.25, 0.3) is 0 Å². The summed E-state index contributed by atoms with van der Waals surface area (Å²) < 4.78 is 26.0. The van der Waals surface area contributed by atoms with E-state index >= 15 is 0 Å². The zero-order valence-electron chi connectivity index (χ0n) is 9.32. The molecule has 1 nitrogen and oxygen atoms in total. The van der Waals surface area contributed by atoms with Gasteiger partial charge in [-0.05, 0) is 30.2 Å². The molecular formula is C14H12F2O. The van der Waals surface area contributed by atoms with Crippen molar-refractivity contribution >= 4 is 0 Å². The second kappa shape index (κ2) is 4.63. The molecule has 3 heteroatoms. The zero-order valence-corrected chi connectivity index (χ0v) is 9.32. The lowest BCUT2D eigenvalue weighted by Crippen LogP contribution is -2.01. The predicted molar refractivity (Wildman–Crippen MR) is 61.6 cm³/mol. The average molecular weight is 234 g/mol. The highest BCUT2D eigenvalue weighted by Crippen LogP contribution is 2.23. The predicted octanol–water partition coefficient (Wildman–Crippen LogP) is 3.35. The van der Waals surface area contributed by atoms with E-state index in [0.29, 0.717) is 5.56 Å². The lowest BCUT2D eigenvalue weighted by molar-refractivity contribution is 0.219. The van der Waals surface area contributed by atoms with Gasteiger partial charge in [0.15, 0.2) is 0 Å². The van der Waals surface area contributed by atoms with Gasteiger partial charge in [-0.25, -0.2) is 8.78 Å². The van der Waals surface area contributed by atoms with Gasteiger partial charge in [0.05, 0.1) is 0 Å². The van der Waals surface area contributed by atoms with E-state index in [4.69, 9.17) is 0 Å². The highest BCUT2D eigenvalue weighted by Gasteiger charge is 2.12. The standard InChI is InChI=1S/C14H12F2O/c1-9-2-4-10(5-3-9)14(17)11-6-12(15)8-13(16)7-11/h2-8,14,17H,1H3/t14-/m0/s1. The first-order chi connectivity index (χ1) is 8.06. The molecule has 0 aliphatic rings. The summed E-state index contributed by atoms with van der Waals surface area (Å²) >= 11 is 0. The van der Waals surface area contributed by atoms with Crippen LogP contribution in [-0.4, -0.2) is 5.11 Å². The molecule has 0 fully saturated rings. The minimum Gasteiger partial charge on any atom is -0.384 e. The summed E-state index contributed by atoms with van der Waals surface area (Å²) in [4.78, 5) is 0. The van der Waals surface area contributed by atoms with Gasteiger partial charge in [0.2, 0.25) is 0 Å². The number of halogens is 2. The van der Waals surface area contributed by atoms with E-state index in [1.807, 2.05) is 19.1 Å². The van der Waals surface area contributed by atoms with Crippen molar-refractivity contribution in [2.45, 2.75) is 13.0 Å². The maximum atomic E-state index is 13.0. The van der Waals surface area contributed by atoms with E-state index in [-0.39, 0.29) is 5.56 Å². The Morgan fingerprint density at radius 2 is 1.41 bits per heavy atom. The Labute approximate surface area is 98.3 Å². The summed E-state index contributed by atoms with van der Waals surface area (Å²) in [6.45, 7) is 1.93. The third-order valence-electron chi connectivity index (χ3n) is 2.59. The van der Waals surface area contributed by atoms with Gasteiger partial charge in [-0.15, -0.1) is 0 Å². The molecule has 0 bridgehead atoms. The van der Waals surface area contributed by atoms with Crippen molar-refractivity contribution < 1.29 is 13.9 Å². The van der Waals surface area contributed by atoms with Gasteiger partial charge in [-0.1, -0.05) is 29.8 Å². The van der Waals surface area contributed by atoms with E-state index in [0.717, 1.165) is 23.8 Å². The van der Waals surface area contributed by atoms with E-state index in [1.54, 1.807) is 12.1 Å². The van der Waals surface area contributed by atoms with Crippen LogP contribution in [0, 0.1) is 18.6 Å². The highest BCUT2D eigenvalue weighted by molar-refractivity contribution is 5.32. The second-order valence-corrected chi connectivity index (χ2v) is 4.02. The largest absolute Gasteiger partial charge is 0.384 e. The maximum Gasteiger partial charge on any atom is 0.126 e. The van der Waals surface area contributed by atoms with Gasteiger partial charge in [-0.3, -0.25) is 0 Å². The van der Waals surface area contributed by atoms with Gasteiger partial charge in [0, 0.05) is 6.07 Å². The van der Waals surface area contributed by atoms with Crippen LogP contribution in [0.5, 0.6) is 0 Å². The Hall–Kier alpha value is -1.74. The molecule has 0 radical (unpaired) electrons.